The number of ether oxygens (including phenoxy) is 1. The van der Waals surface area contributed by atoms with Crippen LogP contribution in [0, 0.1) is 0 Å². The molecule has 3 aromatic rings. The number of hydrogen-bond acceptors (Lipinski definition) is 6. The zero-order chi connectivity index (χ0) is 19.6. The molecule has 0 aliphatic heterocycles. The van der Waals surface area contributed by atoms with E-state index in [4.69, 9.17) is 4.74 Å². The predicted molar refractivity (Wildman–Crippen MR) is 105 cm³/mol. The van der Waals surface area contributed by atoms with Crippen molar-refractivity contribution in [3.8, 4) is 10.6 Å². The Morgan fingerprint density at radius 1 is 1.37 bits per heavy atom. The average molecular weight is 389 g/mol. The van der Waals surface area contributed by atoms with Crippen molar-refractivity contribution >= 4 is 28.1 Å². The van der Waals surface area contributed by atoms with Gasteiger partial charge in [-0.25, -0.2) is 4.68 Å². The molecule has 0 fully saturated rings. The minimum Gasteiger partial charge on any atom is -0.383 e. The first-order chi connectivity index (χ1) is 12.8. The van der Waals surface area contributed by atoms with E-state index in [0.29, 0.717) is 29.7 Å². The van der Waals surface area contributed by atoms with Crippen molar-refractivity contribution in [3.63, 3.8) is 0 Å². The van der Waals surface area contributed by atoms with Crippen LogP contribution in [-0.2, 0) is 21.6 Å². The summed E-state index contributed by atoms with van der Waals surface area (Å²) in [6.07, 6.45) is 1.67. The molecule has 9 heteroatoms. The number of rotatable bonds is 6. The Kier molecular flexibility index (Phi) is 5.43. The lowest BCUT2D eigenvalue weighted by Crippen LogP contribution is -2.36. The Bertz CT molecular complexity index is 999. The Morgan fingerprint density at radius 3 is 2.78 bits per heavy atom. The van der Waals surface area contributed by atoms with Gasteiger partial charge in [-0.2, -0.15) is 10.2 Å². The van der Waals surface area contributed by atoms with Crippen molar-refractivity contribution < 1.29 is 9.53 Å². The van der Waals surface area contributed by atoms with Gasteiger partial charge in [-0.3, -0.25) is 14.3 Å². The molecule has 0 saturated heterocycles. The Morgan fingerprint density at radius 2 is 2.15 bits per heavy atom. The summed E-state index contributed by atoms with van der Waals surface area (Å²) in [5.41, 5.74) is 0.387. The van der Waals surface area contributed by atoms with Gasteiger partial charge in [-0.1, -0.05) is 6.07 Å². The van der Waals surface area contributed by atoms with Gasteiger partial charge < -0.3 is 10.1 Å². The van der Waals surface area contributed by atoms with Gasteiger partial charge in [0.05, 0.1) is 28.6 Å². The van der Waals surface area contributed by atoms with Crippen LogP contribution in [0.15, 0.2) is 28.5 Å². The SMILES string of the molecule is COCCNC(=O)Cn1nc(-c2cccs2)c2cnn(C(C)(C)C)c2c1=O. The normalized spacial score (nSPS) is 11.9. The number of amides is 1. The lowest BCUT2D eigenvalue weighted by atomic mass is 10.1. The first-order valence-electron chi connectivity index (χ1n) is 8.61. The minimum atomic E-state index is -0.381. The first-order valence-corrected chi connectivity index (χ1v) is 9.49. The number of nitrogens with one attached hydrogen (secondary N) is 1. The molecule has 144 valence electrons. The quantitative estimate of drug-likeness (QED) is 0.650. The molecular weight excluding hydrogens is 366 g/mol. The molecule has 0 aliphatic carbocycles. The van der Waals surface area contributed by atoms with Crippen LogP contribution in [0.25, 0.3) is 21.5 Å². The van der Waals surface area contributed by atoms with E-state index in [-0.39, 0.29) is 23.6 Å². The maximum Gasteiger partial charge on any atom is 0.293 e. The fraction of sp³-hybridized carbons (Fsp3) is 0.444. The van der Waals surface area contributed by atoms with Crippen molar-refractivity contribution in [1.82, 2.24) is 24.9 Å². The molecule has 0 atom stereocenters. The lowest BCUT2D eigenvalue weighted by molar-refractivity contribution is -0.122. The molecule has 0 aliphatic rings. The molecule has 27 heavy (non-hydrogen) atoms. The van der Waals surface area contributed by atoms with Gasteiger partial charge in [0.1, 0.15) is 17.8 Å². The van der Waals surface area contributed by atoms with E-state index in [1.54, 1.807) is 18.0 Å². The first kappa shape index (κ1) is 19.2. The molecule has 0 bridgehead atoms. The molecule has 0 spiro atoms. The van der Waals surface area contributed by atoms with Crippen LogP contribution in [0.4, 0.5) is 0 Å². The van der Waals surface area contributed by atoms with E-state index in [9.17, 15) is 9.59 Å². The van der Waals surface area contributed by atoms with Crippen LogP contribution in [0.5, 0.6) is 0 Å². The van der Waals surface area contributed by atoms with Crippen LogP contribution in [0.1, 0.15) is 20.8 Å². The third kappa shape index (κ3) is 3.93. The molecule has 3 aromatic heterocycles. The standard InChI is InChI=1S/C18H23N5O3S/c1-18(2,3)23-16-12(10-20-23)15(13-6-5-9-27-13)21-22(17(16)25)11-14(24)19-7-8-26-4/h5-6,9-10H,7-8,11H2,1-4H3,(H,19,24). The highest BCUT2D eigenvalue weighted by atomic mass is 32.1. The summed E-state index contributed by atoms with van der Waals surface area (Å²) >= 11 is 1.53. The van der Waals surface area contributed by atoms with Gasteiger partial charge >= 0.3 is 0 Å². The summed E-state index contributed by atoms with van der Waals surface area (Å²) in [5, 5.41) is 14.3. The second-order valence-corrected chi connectivity index (χ2v) is 8.07. The molecule has 0 unspecified atom stereocenters. The molecule has 3 heterocycles. The highest BCUT2D eigenvalue weighted by Gasteiger charge is 2.24. The molecule has 0 radical (unpaired) electrons. The maximum atomic E-state index is 13.1. The van der Waals surface area contributed by atoms with Crippen molar-refractivity contribution in [2.45, 2.75) is 32.9 Å². The molecular formula is C18H23N5O3S. The highest BCUT2D eigenvalue weighted by Crippen LogP contribution is 2.30. The monoisotopic (exact) mass is 389 g/mol. The van der Waals surface area contributed by atoms with E-state index in [1.165, 1.54) is 16.0 Å². The highest BCUT2D eigenvalue weighted by molar-refractivity contribution is 7.13. The second kappa shape index (κ2) is 7.61. The summed E-state index contributed by atoms with van der Waals surface area (Å²) in [5.74, 6) is -0.292. The number of nitrogens with zero attached hydrogens (tertiary/aromatic N) is 4. The molecule has 1 amide bonds. The molecule has 3 rings (SSSR count). The van der Waals surface area contributed by atoms with Gasteiger partial charge in [-0.15, -0.1) is 11.3 Å². The van der Waals surface area contributed by atoms with Crippen molar-refractivity contribution in [2.75, 3.05) is 20.3 Å². The summed E-state index contributed by atoms with van der Waals surface area (Å²) in [6, 6.07) is 3.86. The van der Waals surface area contributed by atoms with E-state index < -0.39 is 0 Å². The van der Waals surface area contributed by atoms with Crippen LogP contribution in [0.2, 0.25) is 0 Å². The lowest BCUT2D eigenvalue weighted by Gasteiger charge is -2.20. The Balaban J connectivity index is 2.12. The molecule has 0 aromatic carbocycles. The molecule has 1 N–H and O–H groups in total. The summed E-state index contributed by atoms with van der Waals surface area (Å²) in [4.78, 5) is 26.2. The van der Waals surface area contributed by atoms with E-state index in [2.05, 4.69) is 15.5 Å². The minimum absolute atomic E-state index is 0.161. The van der Waals surface area contributed by atoms with E-state index in [0.717, 1.165) is 4.88 Å². The Hall–Kier alpha value is -2.52. The van der Waals surface area contributed by atoms with E-state index >= 15 is 0 Å². The van der Waals surface area contributed by atoms with Crippen LogP contribution < -0.4 is 10.9 Å². The number of thiophene rings is 1. The van der Waals surface area contributed by atoms with Crippen molar-refractivity contribution in [1.29, 1.82) is 0 Å². The number of fused-ring (bicyclic) bond motifs is 1. The fourth-order valence-corrected chi connectivity index (χ4v) is 3.49. The van der Waals surface area contributed by atoms with Gasteiger partial charge in [0, 0.05) is 13.7 Å². The Labute approximate surface area is 160 Å². The summed E-state index contributed by atoms with van der Waals surface area (Å²) in [7, 11) is 1.56. The zero-order valence-electron chi connectivity index (χ0n) is 15.9. The molecule has 0 saturated carbocycles. The van der Waals surface area contributed by atoms with Crippen molar-refractivity contribution in [3.05, 3.63) is 34.1 Å². The average Bonchev–Trinajstić information content (AvgIpc) is 3.26. The summed E-state index contributed by atoms with van der Waals surface area (Å²) in [6.45, 7) is 6.56. The third-order valence-electron chi connectivity index (χ3n) is 3.99. The zero-order valence-corrected chi connectivity index (χ0v) is 16.7. The topological polar surface area (TPSA) is 91.0 Å². The smallest absolute Gasteiger partial charge is 0.293 e. The van der Waals surface area contributed by atoms with Crippen LogP contribution in [-0.4, -0.2) is 45.7 Å². The van der Waals surface area contributed by atoms with E-state index in [1.807, 2.05) is 38.3 Å². The van der Waals surface area contributed by atoms with Gasteiger partial charge in [0.15, 0.2) is 0 Å². The van der Waals surface area contributed by atoms with Crippen LogP contribution >= 0.6 is 11.3 Å². The maximum absolute atomic E-state index is 13.1. The number of aromatic nitrogens is 4. The van der Waals surface area contributed by atoms with Gasteiger partial charge in [0.2, 0.25) is 5.91 Å². The summed E-state index contributed by atoms with van der Waals surface area (Å²) < 4.78 is 7.83. The number of hydrogen-bond donors (Lipinski definition) is 1. The fourth-order valence-electron chi connectivity index (χ4n) is 2.77. The second-order valence-electron chi connectivity index (χ2n) is 7.12. The molecule has 8 nitrogen and oxygen atoms in total. The predicted octanol–water partition coefficient (Wildman–Crippen LogP) is 1.84. The van der Waals surface area contributed by atoms with Gasteiger partial charge in [-0.05, 0) is 32.2 Å². The number of methoxy groups -OCH3 is 1. The van der Waals surface area contributed by atoms with Crippen molar-refractivity contribution in [2.24, 2.45) is 0 Å². The number of carbonyl (C=O) groups is 1. The van der Waals surface area contributed by atoms with Crippen LogP contribution in [0.3, 0.4) is 0 Å². The number of carbonyl (C=O) groups excluding carboxylic acids is 1. The largest absolute Gasteiger partial charge is 0.383 e. The van der Waals surface area contributed by atoms with Gasteiger partial charge in [0.25, 0.3) is 5.56 Å². The third-order valence-corrected chi connectivity index (χ3v) is 4.87.